The van der Waals surface area contributed by atoms with Crippen molar-refractivity contribution in [2.75, 3.05) is 13.2 Å². The minimum Gasteiger partial charge on any atom is -0.394 e. The molecule has 2 heterocycles. The normalized spacial score (nSPS) is 54.4. The number of fused-ring (bicyclic) bond motifs is 2. The Morgan fingerprint density at radius 2 is 1.47 bits per heavy atom. The number of aliphatic hydroxyl groups excluding tert-OH is 9. The molecule has 7 fully saturated rings. The molecule has 14 nitrogen and oxygen atoms in total. The molecule has 318 valence electrons. The monoisotopic (exact) mass is 786 g/mol. The van der Waals surface area contributed by atoms with Crippen LogP contribution in [0.1, 0.15) is 106 Å². The van der Waals surface area contributed by atoms with Crippen molar-refractivity contribution in [2.45, 2.75) is 192 Å². The average molecular weight is 787 g/mol. The number of aliphatic hydroxyl groups is 10. The van der Waals surface area contributed by atoms with Crippen LogP contribution in [0.15, 0.2) is 0 Å². The van der Waals surface area contributed by atoms with Crippen LogP contribution in [0.4, 0.5) is 0 Å². The molecule has 2 aliphatic heterocycles. The smallest absolute Gasteiger partial charge is 0.187 e. The quantitative estimate of drug-likeness (QED) is 0.136. The van der Waals surface area contributed by atoms with Gasteiger partial charge in [-0.2, -0.15) is 0 Å². The molecular formula is C41H70O14. The lowest BCUT2D eigenvalue weighted by Crippen LogP contribution is -2.64. The van der Waals surface area contributed by atoms with Crippen molar-refractivity contribution in [3.05, 3.63) is 0 Å². The van der Waals surface area contributed by atoms with Crippen LogP contribution in [-0.2, 0) is 18.9 Å². The zero-order chi connectivity index (χ0) is 40.4. The summed E-state index contributed by atoms with van der Waals surface area (Å²) in [4.78, 5) is 0. The van der Waals surface area contributed by atoms with E-state index in [-0.39, 0.29) is 51.9 Å². The Morgan fingerprint density at radius 3 is 2.13 bits per heavy atom. The fourth-order valence-corrected chi connectivity index (χ4v) is 14.2. The van der Waals surface area contributed by atoms with Crippen LogP contribution in [0.5, 0.6) is 0 Å². The van der Waals surface area contributed by atoms with Crippen molar-refractivity contribution in [3.63, 3.8) is 0 Å². The molecule has 0 aromatic heterocycles. The van der Waals surface area contributed by atoms with E-state index in [1.54, 1.807) is 13.8 Å². The molecule has 55 heavy (non-hydrogen) atoms. The van der Waals surface area contributed by atoms with Crippen LogP contribution in [0.3, 0.4) is 0 Å². The van der Waals surface area contributed by atoms with Gasteiger partial charge in [-0.3, -0.25) is 0 Å². The van der Waals surface area contributed by atoms with E-state index in [0.717, 1.165) is 25.7 Å². The Hall–Kier alpha value is -0.560. The van der Waals surface area contributed by atoms with Crippen molar-refractivity contribution in [3.8, 4) is 0 Å². The maximum Gasteiger partial charge on any atom is 0.187 e. The Kier molecular flexibility index (Phi) is 11.1. The average Bonchev–Trinajstić information content (AvgIpc) is 3.70. The molecule has 7 aliphatic rings. The third-order valence-electron chi connectivity index (χ3n) is 17.2. The van der Waals surface area contributed by atoms with E-state index in [1.807, 2.05) is 0 Å². The zero-order valence-corrected chi connectivity index (χ0v) is 33.7. The Bertz CT molecular complexity index is 1390. The van der Waals surface area contributed by atoms with Crippen molar-refractivity contribution in [2.24, 2.45) is 50.7 Å². The lowest BCUT2D eigenvalue weighted by atomic mass is 9.41. The summed E-state index contributed by atoms with van der Waals surface area (Å²) in [6, 6.07) is 0. The second kappa shape index (κ2) is 14.3. The van der Waals surface area contributed by atoms with Crippen molar-refractivity contribution >= 4 is 0 Å². The SMILES string of the molecule is C[C@H](CC[C@H](O)C(C)(C)O)[C@H]1[C@@H](O)C[C@@]2(C)[C@@H]3C[C@H](O)[C@H]4C(C)(C)[C@@H](O[C@@H]5OC[C@@H](O)[C@H](O)[C@H]5O[C@@H]5O[C@H](CO)[C@@H](O)[C@H](O)[C@H]5O)CC[C@@]45C[C@@]35CC[C@]12C. The molecular weight excluding hydrogens is 716 g/mol. The van der Waals surface area contributed by atoms with Gasteiger partial charge in [0.15, 0.2) is 12.6 Å². The molecule has 14 heteroatoms. The Morgan fingerprint density at radius 1 is 0.782 bits per heavy atom. The largest absolute Gasteiger partial charge is 0.394 e. The molecule has 2 spiro atoms. The maximum absolute atomic E-state index is 12.3. The highest BCUT2D eigenvalue weighted by Crippen LogP contribution is 2.89. The predicted octanol–water partition coefficient (Wildman–Crippen LogP) is 0.564. The van der Waals surface area contributed by atoms with Crippen LogP contribution < -0.4 is 0 Å². The predicted molar refractivity (Wildman–Crippen MR) is 196 cm³/mol. The van der Waals surface area contributed by atoms with Crippen LogP contribution in [0, 0.1) is 50.7 Å². The highest BCUT2D eigenvalue weighted by atomic mass is 16.8. The fraction of sp³-hybridized carbons (Fsp3) is 1.00. The van der Waals surface area contributed by atoms with Gasteiger partial charge in [-0.15, -0.1) is 0 Å². The summed E-state index contributed by atoms with van der Waals surface area (Å²) in [5.41, 5.74) is -2.18. The maximum atomic E-state index is 12.3. The summed E-state index contributed by atoms with van der Waals surface area (Å²) < 4.78 is 24.1. The van der Waals surface area contributed by atoms with Gasteiger partial charge in [0.25, 0.3) is 0 Å². The fourth-order valence-electron chi connectivity index (χ4n) is 14.2. The van der Waals surface area contributed by atoms with Gasteiger partial charge in [-0.25, -0.2) is 0 Å². The lowest BCUT2D eigenvalue weighted by molar-refractivity contribution is -0.366. The van der Waals surface area contributed by atoms with E-state index in [4.69, 9.17) is 18.9 Å². The zero-order valence-electron chi connectivity index (χ0n) is 33.7. The molecule has 0 aromatic rings. The number of hydrogen-bond acceptors (Lipinski definition) is 14. The topological polar surface area (TPSA) is 239 Å². The number of rotatable bonds is 10. The highest BCUT2D eigenvalue weighted by Gasteiger charge is 2.84. The van der Waals surface area contributed by atoms with E-state index in [2.05, 4.69) is 34.6 Å². The first kappa shape index (κ1) is 42.6. The van der Waals surface area contributed by atoms with Gasteiger partial charge in [0.05, 0.1) is 43.2 Å². The summed E-state index contributed by atoms with van der Waals surface area (Å²) in [5.74, 6) is 0.304. The summed E-state index contributed by atoms with van der Waals surface area (Å²) in [6.07, 6.45) is -8.72. The van der Waals surface area contributed by atoms with Crippen LogP contribution in [0.2, 0.25) is 0 Å². The number of ether oxygens (including phenoxy) is 4. The Labute approximate surface area is 325 Å². The molecule has 10 N–H and O–H groups in total. The van der Waals surface area contributed by atoms with Crippen molar-refractivity contribution in [1.82, 2.24) is 0 Å². The molecule has 0 radical (unpaired) electrons. The number of hydrogen-bond donors (Lipinski definition) is 10. The second-order valence-corrected chi connectivity index (χ2v) is 20.7. The summed E-state index contributed by atoms with van der Waals surface area (Å²) in [6.45, 7) is 13.5. The van der Waals surface area contributed by atoms with Gasteiger partial charge in [-0.1, -0.05) is 34.6 Å². The lowest BCUT2D eigenvalue weighted by Gasteiger charge is -2.64. The van der Waals surface area contributed by atoms with Crippen molar-refractivity contribution < 1.29 is 70.0 Å². The van der Waals surface area contributed by atoms with Gasteiger partial charge in [0, 0.05) is 0 Å². The van der Waals surface area contributed by atoms with E-state index in [1.165, 1.54) is 0 Å². The van der Waals surface area contributed by atoms with E-state index in [9.17, 15) is 51.1 Å². The van der Waals surface area contributed by atoms with Crippen LogP contribution >= 0.6 is 0 Å². The van der Waals surface area contributed by atoms with Crippen LogP contribution in [0.25, 0.3) is 0 Å². The van der Waals surface area contributed by atoms with Gasteiger partial charge in [-0.05, 0) is 122 Å². The minimum atomic E-state index is -1.72. The highest BCUT2D eigenvalue weighted by molar-refractivity contribution is 5.32. The summed E-state index contributed by atoms with van der Waals surface area (Å²) in [7, 11) is 0. The second-order valence-electron chi connectivity index (χ2n) is 20.7. The molecule has 21 atom stereocenters. The molecule has 5 saturated carbocycles. The molecule has 7 rings (SSSR count). The van der Waals surface area contributed by atoms with E-state index in [0.29, 0.717) is 32.1 Å². The Balaban J connectivity index is 1.09. The van der Waals surface area contributed by atoms with E-state index < -0.39 is 97.3 Å². The molecule has 0 unspecified atom stereocenters. The van der Waals surface area contributed by atoms with Gasteiger partial charge in [0.1, 0.15) is 42.7 Å². The summed E-state index contributed by atoms with van der Waals surface area (Å²) in [5, 5.41) is 108. The third kappa shape index (κ3) is 6.33. The first-order valence-corrected chi connectivity index (χ1v) is 20.9. The van der Waals surface area contributed by atoms with E-state index >= 15 is 0 Å². The molecule has 2 saturated heterocycles. The van der Waals surface area contributed by atoms with Gasteiger partial charge in [0.2, 0.25) is 0 Å². The minimum absolute atomic E-state index is 0.0265. The molecule has 0 aromatic carbocycles. The standard InChI is InChI=1S/C41H70O14/c1-19(8-9-25(46)37(4,5)51)27-21(44)15-39(7)24-14-20(43)33-36(2,3)26(10-11-41(33)18-40(24,41)13-12-38(27,39)6)54-35-32(28(47)22(45)17-52-35)55-34-31(50)30(49)29(48)23(16-42)53-34/h19-35,42-51H,8-18H2,1-7H3/t19-,20+,21+,22-,23-,24+,25+,26+,27+,28+,29-,30+,31-,32-,33+,34+,35+,38-,39+,40+,41-/m1/s1. The molecule has 0 amide bonds. The first-order valence-electron chi connectivity index (χ1n) is 20.9. The molecule has 5 aliphatic carbocycles. The van der Waals surface area contributed by atoms with Crippen LogP contribution in [-0.4, -0.2) is 150 Å². The third-order valence-corrected chi connectivity index (χ3v) is 17.2. The first-order chi connectivity index (χ1) is 25.5. The summed E-state index contributed by atoms with van der Waals surface area (Å²) >= 11 is 0. The van der Waals surface area contributed by atoms with Crippen molar-refractivity contribution in [1.29, 1.82) is 0 Å². The molecule has 0 bridgehead atoms. The van der Waals surface area contributed by atoms with Gasteiger partial charge >= 0.3 is 0 Å². The van der Waals surface area contributed by atoms with Gasteiger partial charge < -0.3 is 70.0 Å².